The Bertz CT molecular complexity index is 1230. The molecule has 1 aliphatic heterocycles. The van der Waals surface area contributed by atoms with E-state index >= 15 is 0 Å². The molecule has 0 bridgehead atoms. The topological polar surface area (TPSA) is 119 Å². The molecule has 3 aromatic rings. The standard InChI is InChI=1S/C24H20ClN5O3/c25-17-7-8-18-19(14-17)28-24(33)22(27-18)21(20(31)9-6-15-4-2-1-3-5-15)29-30-23(32)16-10-12-26-13-11-16/h1-14,20,24,28,31,33H,(H,30,32)/b9-6+,29-21-. The summed E-state index contributed by atoms with van der Waals surface area (Å²) in [5.41, 5.74) is 4.70. The fraction of sp³-hybridized carbons (Fsp3) is 0.0833. The van der Waals surface area contributed by atoms with E-state index in [1.54, 1.807) is 24.3 Å². The van der Waals surface area contributed by atoms with E-state index in [0.29, 0.717) is 22.0 Å². The summed E-state index contributed by atoms with van der Waals surface area (Å²) in [5.74, 6) is -0.500. The molecule has 2 unspecified atom stereocenters. The molecule has 0 fully saturated rings. The number of carbonyl (C=O) groups excluding carboxylic acids is 1. The lowest BCUT2D eigenvalue weighted by atomic mass is 10.0. The minimum Gasteiger partial charge on any atom is -0.383 e. The number of carbonyl (C=O) groups is 1. The number of hydrazone groups is 1. The van der Waals surface area contributed by atoms with Gasteiger partial charge in [0, 0.05) is 23.0 Å². The van der Waals surface area contributed by atoms with Gasteiger partial charge in [-0.1, -0.05) is 48.0 Å². The molecule has 9 heteroatoms. The van der Waals surface area contributed by atoms with Gasteiger partial charge in [-0.15, -0.1) is 0 Å². The number of aliphatic hydroxyl groups is 2. The molecule has 2 aromatic carbocycles. The maximum Gasteiger partial charge on any atom is 0.271 e. The second kappa shape index (κ2) is 10.2. The van der Waals surface area contributed by atoms with Crippen LogP contribution in [0.2, 0.25) is 5.02 Å². The number of nitrogens with zero attached hydrogens (tertiary/aromatic N) is 3. The first kappa shape index (κ1) is 22.3. The summed E-state index contributed by atoms with van der Waals surface area (Å²) in [6.45, 7) is 0. The number of anilines is 1. The molecule has 1 aromatic heterocycles. The van der Waals surface area contributed by atoms with Crippen molar-refractivity contribution in [1.29, 1.82) is 0 Å². The van der Waals surface area contributed by atoms with Crippen LogP contribution in [0.1, 0.15) is 15.9 Å². The number of pyridine rings is 1. The van der Waals surface area contributed by atoms with E-state index in [2.05, 4.69) is 25.8 Å². The van der Waals surface area contributed by atoms with E-state index in [1.165, 1.54) is 30.6 Å². The Morgan fingerprint density at radius 2 is 1.91 bits per heavy atom. The van der Waals surface area contributed by atoms with E-state index in [9.17, 15) is 15.0 Å². The molecular weight excluding hydrogens is 442 g/mol. The SMILES string of the molecule is O=C(N/N=C(\C1=Nc2ccc(Cl)cc2NC1O)C(O)/C=C/c1ccccc1)c1ccncc1. The summed E-state index contributed by atoms with van der Waals surface area (Å²) in [5, 5.41) is 29.0. The van der Waals surface area contributed by atoms with Gasteiger partial charge in [0.15, 0.2) is 6.23 Å². The predicted octanol–water partition coefficient (Wildman–Crippen LogP) is 3.41. The lowest BCUT2D eigenvalue weighted by Gasteiger charge is -2.25. The summed E-state index contributed by atoms with van der Waals surface area (Å²) >= 11 is 6.02. The molecule has 1 aliphatic rings. The molecule has 0 radical (unpaired) electrons. The van der Waals surface area contributed by atoms with Crippen LogP contribution in [0.3, 0.4) is 0 Å². The third-order valence-electron chi connectivity index (χ3n) is 4.78. The van der Waals surface area contributed by atoms with Crippen molar-refractivity contribution in [1.82, 2.24) is 10.4 Å². The van der Waals surface area contributed by atoms with Crippen LogP contribution in [-0.2, 0) is 0 Å². The van der Waals surface area contributed by atoms with Gasteiger partial charge in [-0.3, -0.25) is 9.78 Å². The van der Waals surface area contributed by atoms with Gasteiger partial charge in [-0.25, -0.2) is 10.4 Å². The first-order chi connectivity index (χ1) is 16.0. The van der Waals surface area contributed by atoms with Crippen LogP contribution in [0.4, 0.5) is 11.4 Å². The average Bonchev–Trinajstić information content (AvgIpc) is 2.84. The fourth-order valence-corrected chi connectivity index (χ4v) is 3.31. The maximum absolute atomic E-state index is 12.5. The van der Waals surface area contributed by atoms with Gasteiger partial charge in [0.2, 0.25) is 0 Å². The Labute approximate surface area is 195 Å². The summed E-state index contributed by atoms with van der Waals surface area (Å²) in [4.78, 5) is 20.8. The lowest BCUT2D eigenvalue weighted by molar-refractivity contribution is 0.0954. The first-order valence-electron chi connectivity index (χ1n) is 10.0. The van der Waals surface area contributed by atoms with Gasteiger partial charge in [0.1, 0.15) is 17.5 Å². The molecule has 0 spiro atoms. The highest BCUT2D eigenvalue weighted by atomic mass is 35.5. The molecule has 4 rings (SSSR count). The van der Waals surface area contributed by atoms with Crippen molar-refractivity contribution in [2.75, 3.05) is 5.32 Å². The average molecular weight is 462 g/mol. The number of halogens is 1. The molecule has 2 atom stereocenters. The number of aromatic nitrogens is 1. The Morgan fingerprint density at radius 1 is 1.15 bits per heavy atom. The Kier molecular flexibility index (Phi) is 6.89. The second-order valence-corrected chi connectivity index (χ2v) is 7.53. The number of nitrogens with one attached hydrogen (secondary N) is 2. The highest BCUT2D eigenvalue weighted by Crippen LogP contribution is 2.32. The minimum atomic E-state index is -1.28. The monoisotopic (exact) mass is 461 g/mol. The van der Waals surface area contributed by atoms with Crippen LogP contribution < -0.4 is 10.7 Å². The van der Waals surface area contributed by atoms with Crippen LogP contribution in [-0.4, -0.2) is 44.9 Å². The number of hydrogen-bond acceptors (Lipinski definition) is 7. The number of amides is 1. The second-order valence-electron chi connectivity index (χ2n) is 7.09. The molecule has 33 heavy (non-hydrogen) atoms. The van der Waals surface area contributed by atoms with Gasteiger partial charge in [0.05, 0.1) is 11.4 Å². The van der Waals surface area contributed by atoms with Crippen LogP contribution in [0.25, 0.3) is 6.08 Å². The van der Waals surface area contributed by atoms with E-state index in [-0.39, 0.29) is 11.4 Å². The number of fused-ring (bicyclic) bond motifs is 1. The third-order valence-corrected chi connectivity index (χ3v) is 5.02. The summed E-state index contributed by atoms with van der Waals surface area (Å²) < 4.78 is 0. The maximum atomic E-state index is 12.5. The highest BCUT2D eigenvalue weighted by molar-refractivity contribution is 6.47. The Morgan fingerprint density at radius 3 is 2.67 bits per heavy atom. The van der Waals surface area contributed by atoms with Crippen molar-refractivity contribution < 1.29 is 15.0 Å². The van der Waals surface area contributed by atoms with Gasteiger partial charge >= 0.3 is 0 Å². The summed E-state index contributed by atoms with van der Waals surface area (Å²) in [6, 6.07) is 17.4. The van der Waals surface area contributed by atoms with Crippen LogP contribution >= 0.6 is 11.6 Å². The highest BCUT2D eigenvalue weighted by Gasteiger charge is 2.28. The molecule has 0 saturated carbocycles. The fourth-order valence-electron chi connectivity index (χ4n) is 3.14. The van der Waals surface area contributed by atoms with E-state index in [0.717, 1.165) is 5.56 Å². The normalized spacial score (nSPS) is 16.5. The molecular formula is C24H20ClN5O3. The van der Waals surface area contributed by atoms with Gasteiger partial charge in [0.25, 0.3) is 5.91 Å². The summed E-state index contributed by atoms with van der Waals surface area (Å²) in [6.07, 6.45) is 3.62. The molecule has 0 saturated heterocycles. The number of rotatable bonds is 6. The smallest absolute Gasteiger partial charge is 0.271 e. The third kappa shape index (κ3) is 5.50. The number of hydrogen-bond donors (Lipinski definition) is 4. The zero-order valence-electron chi connectivity index (χ0n) is 17.3. The van der Waals surface area contributed by atoms with Gasteiger partial charge in [-0.2, -0.15) is 5.10 Å². The van der Waals surface area contributed by atoms with Crippen molar-refractivity contribution >= 4 is 46.4 Å². The largest absolute Gasteiger partial charge is 0.383 e. The van der Waals surface area contributed by atoms with E-state index in [4.69, 9.17) is 11.6 Å². The number of aliphatic hydroxyl groups excluding tert-OH is 2. The number of benzene rings is 2. The summed E-state index contributed by atoms with van der Waals surface area (Å²) in [7, 11) is 0. The van der Waals surface area contributed by atoms with Crippen molar-refractivity contribution in [2.24, 2.45) is 10.1 Å². The Balaban J connectivity index is 1.68. The molecule has 0 aliphatic carbocycles. The van der Waals surface area contributed by atoms with Crippen molar-refractivity contribution in [3.8, 4) is 0 Å². The van der Waals surface area contributed by atoms with Crippen LogP contribution in [0.5, 0.6) is 0 Å². The first-order valence-corrected chi connectivity index (χ1v) is 10.4. The van der Waals surface area contributed by atoms with Gasteiger partial charge in [-0.05, 0) is 42.0 Å². The van der Waals surface area contributed by atoms with E-state index < -0.39 is 18.2 Å². The Hall–Kier alpha value is -3.85. The zero-order valence-corrected chi connectivity index (χ0v) is 18.0. The van der Waals surface area contributed by atoms with Crippen LogP contribution in [0, 0.1) is 0 Å². The lowest BCUT2D eigenvalue weighted by Crippen LogP contribution is -2.42. The number of aliphatic imine (C=N–C) groups is 1. The van der Waals surface area contributed by atoms with Crippen molar-refractivity contribution in [3.63, 3.8) is 0 Å². The van der Waals surface area contributed by atoms with Crippen molar-refractivity contribution in [2.45, 2.75) is 12.3 Å². The molecule has 2 heterocycles. The molecule has 166 valence electrons. The van der Waals surface area contributed by atoms with Gasteiger partial charge < -0.3 is 15.5 Å². The molecule has 1 amide bonds. The van der Waals surface area contributed by atoms with E-state index in [1.807, 2.05) is 30.3 Å². The minimum absolute atomic E-state index is 0.0230. The molecule has 8 nitrogen and oxygen atoms in total. The molecule has 4 N–H and O–H groups in total. The van der Waals surface area contributed by atoms with Crippen molar-refractivity contribution in [3.05, 3.63) is 95.3 Å². The zero-order chi connectivity index (χ0) is 23.2. The predicted molar refractivity (Wildman–Crippen MR) is 129 cm³/mol. The van der Waals surface area contributed by atoms with Crippen LogP contribution in [0.15, 0.2) is 89.2 Å². The quantitative estimate of drug-likeness (QED) is 0.331.